The lowest BCUT2D eigenvalue weighted by molar-refractivity contribution is 0.415. The molecule has 2 N–H and O–H groups in total. The van der Waals surface area contributed by atoms with E-state index in [0.29, 0.717) is 18.1 Å². The fourth-order valence-corrected chi connectivity index (χ4v) is 1.00. The SMILES string of the molecule is CNCNc1cc(F)ccc1OC. The minimum absolute atomic E-state index is 0.278. The number of hydrogen-bond acceptors (Lipinski definition) is 3. The van der Waals surface area contributed by atoms with Gasteiger partial charge in [0.05, 0.1) is 19.5 Å². The first-order chi connectivity index (χ1) is 6.27. The van der Waals surface area contributed by atoms with E-state index < -0.39 is 0 Å². The molecule has 0 aromatic heterocycles. The molecular weight excluding hydrogens is 171 g/mol. The normalized spacial score (nSPS) is 9.77. The maximum atomic E-state index is 12.8. The van der Waals surface area contributed by atoms with Crippen LogP contribution in [0.25, 0.3) is 0 Å². The summed E-state index contributed by atoms with van der Waals surface area (Å²) in [5.74, 6) is 0.357. The van der Waals surface area contributed by atoms with Gasteiger partial charge in [-0.1, -0.05) is 0 Å². The first-order valence-electron chi connectivity index (χ1n) is 4.00. The topological polar surface area (TPSA) is 33.3 Å². The van der Waals surface area contributed by atoms with E-state index in [4.69, 9.17) is 4.74 Å². The van der Waals surface area contributed by atoms with Crippen LogP contribution in [0.5, 0.6) is 5.75 Å². The monoisotopic (exact) mass is 184 g/mol. The Bertz CT molecular complexity index is 278. The summed E-state index contributed by atoms with van der Waals surface area (Å²) >= 11 is 0. The predicted molar refractivity (Wildman–Crippen MR) is 50.5 cm³/mol. The first-order valence-corrected chi connectivity index (χ1v) is 4.00. The van der Waals surface area contributed by atoms with Gasteiger partial charge in [0.2, 0.25) is 0 Å². The summed E-state index contributed by atoms with van der Waals surface area (Å²) in [6, 6.07) is 4.35. The van der Waals surface area contributed by atoms with Crippen LogP contribution in [0.4, 0.5) is 10.1 Å². The Morgan fingerprint density at radius 2 is 2.23 bits per heavy atom. The zero-order valence-electron chi connectivity index (χ0n) is 7.73. The minimum atomic E-state index is -0.278. The summed E-state index contributed by atoms with van der Waals surface area (Å²) in [4.78, 5) is 0. The molecule has 0 bridgehead atoms. The van der Waals surface area contributed by atoms with Gasteiger partial charge in [-0.2, -0.15) is 0 Å². The Kier molecular flexibility index (Phi) is 3.52. The maximum absolute atomic E-state index is 12.8. The van der Waals surface area contributed by atoms with E-state index in [1.807, 2.05) is 0 Å². The van der Waals surface area contributed by atoms with E-state index in [1.165, 1.54) is 12.1 Å². The van der Waals surface area contributed by atoms with E-state index in [9.17, 15) is 4.39 Å². The van der Waals surface area contributed by atoms with Crippen LogP contribution >= 0.6 is 0 Å². The molecule has 0 saturated carbocycles. The van der Waals surface area contributed by atoms with Gasteiger partial charge in [-0.3, -0.25) is 0 Å². The van der Waals surface area contributed by atoms with Crippen LogP contribution in [0.15, 0.2) is 18.2 Å². The molecule has 0 aliphatic heterocycles. The van der Waals surface area contributed by atoms with Crippen LogP contribution in [0.3, 0.4) is 0 Å². The van der Waals surface area contributed by atoms with Crippen LogP contribution in [0.1, 0.15) is 0 Å². The molecule has 1 aromatic carbocycles. The molecule has 0 unspecified atom stereocenters. The first kappa shape index (κ1) is 9.80. The molecule has 1 aromatic rings. The zero-order valence-corrected chi connectivity index (χ0v) is 7.73. The second-order valence-electron chi connectivity index (χ2n) is 2.55. The Hall–Kier alpha value is -1.29. The van der Waals surface area contributed by atoms with Crippen molar-refractivity contribution in [2.75, 3.05) is 26.1 Å². The molecule has 0 fully saturated rings. The smallest absolute Gasteiger partial charge is 0.142 e. The van der Waals surface area contributed by atoms with Gasteiger partial charge in [-0.05, 0) is 19.2 Å². The molecule has 3 nitrogen and oxygen atoms in total. The summed E-state index contributed by atoms with van der Waals surface area (Å²) in [5, 5.41) is 5.88. The van der Waals surface area contributed by atoms with Crippen molar-refractivity contribution < 1.29 is 9.13 Å². The fourth-order valence-electron chi connectivity index (χ4n) is 1.00. The Labute approximate surface area is 76.9 Å². The molecule has 4 heteroatoms. The third-order valence-corrected chi connectivity index (χ3v) is 1.62. The van der Waals surface area contributed by atoms with Gasteiger partial charge in [0.25, 0.3) is 0 Å². The molecule has 72 valence electrons. The van der Waals surface area contributed by atoms with Crippen molar-refractivity contribution in [2.45, 2.75) is 0 Å². The van der Waals surface area contributed by atoms with Gasteiger partial charge in [-0.15, -0.1) is 0 Å². The van der Waals surface area contributed by atoms with E-state index in [-0.39, 0.29) is 5.82 Å². The number of nitrogens with one attached hydrogen (secondary N) is 2. The highest BCUT2D eigenvalue weighted by Gasteiger charge is 2.02. The summed E-state index contributed by atoms with van der Waals surface area (Å²) in [6.07, 6.45) is 0. The van der Waals surface area contributed by atoms with Crippen LogP contribution in [0.2, 0.25) is 0 Å². The lowest BCUT2D eigenvalue weighted by atomic mass is 10.3. The van der Waals surface area contributed by atoms with Crippen molar-refractivity contribution in [1.29, 1.82) is 0 Å². The molecule has 1 rings (SSSR count). The standard InChI is InChI=1S/C9H13FN2O/c1-11-6-12-8-5-7(10)3-4-9(8)13-2/h3-5,11-12H,6H2,1-2H3. The van der Waals surface area contributed by atoms with Crippen molar-refractivity contribution >= 4 is 5.69 Å². The Morgan fingerprint density at radius 1 is 1.46 bits per heavy atom. The van der Waals surface area contributed by atoms with Gasteiger partial charge >= 0.3 is 0 Å². The predicted octanol–water partition coefficient (Wildman–Crippen LogP) is 1.42. The van der Waals surface area contributed by atoms with Crippen molar-refractivity contribution in [1.82, 2.24) is 5.32 Å². The molecule has 0 atom stereocenters. The number of rotatable bonds is 4. The molecule has 13 heavy (non-hydrogen) atoms. The van der Waals surface area contributed by atoms with E-state index in [1.54, 1.807) is 20.2 Å². The lowest BCUT2D eigenvalue weighted by Gasteiger charge is -2.10. The zero-order chi connectivity index (χ0) is 9.68. The highest BCUT2D eigenvalue weighted by atomic mass is 19.1. The van der Waals surface area contributed by atoms with Crippen molar-refractivity contribution in [3.63, 3.8) is 0 Å². The average Bonchev–Trinajstić information content (AvgIpc) is 2.15. The van der Waals surface area contributed by atoms with Crippen molar-refractivity contribution in [3.8, 4) is 5.75 Å². The molecule has 0 saturated heterocycles. The number of anilines is 1. The van der Waals surface area contributed by atoms with E-state index in [0.717, 1.165) is 0 Å². The quantitative estimate of drug-likeness (QED) is 0.694. The van der Waals surface area contributed by atoms with Crippen molar-refractivity contribution in [2.24, 2.45) is 0 Å². The summed E-state index contributed by atoms with van der Waals surface area (Å²) in [6.45, 7) is 0.569. The Balaban J connectivity index is 2.81. The number of methoxy groups -OCH3 is 1. The van der Waals surface area contributed by atoms with E-state index in [2.05, 4.69) is 10.6 Å². The largest absolute Gasteiger partial charge is 0.495 e. The molecule has 0 aliphatic carbocycles. The molecule has 0 aliphatic rings. The second kappa shape index (κ2) is 4.67. The number of halogens is 1. The number of ether oxygens (including phenoxy) is 1. The van der Waals surface area contributed by atoms with Gasteiger partial charge in [0, 0.05) is 6.07 Å². The van der Waals surface area contributed by atoms with Crippen LogP contribution < -0.4 is 15.4 Å². The molecule has 0 radical (unpaired) electrons. The molecular formula is C9H13FN2O. The van der Waals surface area contributed by atoms with Gasteiger partial charge in [-0.25, -0.2) is 4.39 Å². The van der Waals surface area contributed by atoms with Gasteiger partial charge in [0.15, 0.2) is 0 Å². The van der Waals surface area contributed by atoms with Crippen molar-refractivity contribution in [3.05, 3.63) is 24.0 Å². The second-order valence-corrected chi connectivity index (χ2v) is 2.55. The lowest BCUT2D eigenvalue weighted by Crippen LogP contribution is -2.17. The molecule has 0 amide bonds. The summed E-state index contributed by atoms with van der Waals surface area (Å²) in [5.41, 5.74) is 0.650. The third-order valence-electron chi connectivity index (χ3n) is 1.62. The highest BCUT2D eigenvalue weighted by molar-refractivity contribution is 5.56. The summed E-state index contributed by atoms with van der Waals surface area (Å²) < 4.78 is 17.8. The van der Waals surface area contributed by atoms with Crippen LogP contribution in [0, 0.1) is 5.82 Å². The average molecular weight is 184 g/mol. The third kappa shape index (κ3) is 2.59. The van der Waals surface area contributed by atoms with Crippen LogP contribution in [-0.4, -0.2) is 20.8 Å². The number of benzene rings is 1. The van der Waals surface area contributed by atoms with E-state index >= 15 is 0 Å². The number of hydrogen-bond donors (Lipinski definition) is 2. The van der Waals surface area contributed by atoms with Gasteiger partial charge < -0.3 is 15.4 Å². The summed E-state index contributed by atoms with van der Waals surface area (Å²) in [7, 11) is 3.36. The van der Waals surface area contributed by atoms with Gasteiger partial charge in [0.1, 0.15) is 11.6 Å². The fraction of sp³-hybridized carbons (Fsp3) is 0.333. The minimum Gasteiger partial charge on any atom is -0.495 e. The molecule has 0 heterocycles. The molecule has 0 spiro atoms. The highest BCUT2D eigenvalue weighted by Crippen LogP contribution is 2.24. The maximum Gasteiger partial charge on any atom is 0.142 e. The Morgan fingerprint density at radius 3 is 2.85 bits per heavy atom. The van der Waals surface area contributed by atoms with Crippen LogP contribution in [-0.2, 0) is 0 Å².